The number of aromatic nitrogens is 2. The molecule has 2 fully saturated rings. The molecule has 1 aromatic rings. The van der Waals surface area contributed by atoms with Gasteiger partial charge in [-0.15, -0.1) is 12.4 Å². The second-order valence-corrected chi connectivity index (χ2v) is 6.58. The van der Waals surface area contributed by atoms with Gasteiger partial charge in [-0.05, 0) is 25.2 Å². The van der Waals surface area contributed by atoms with E-state index in [9.17, 15) is 9.90 Å². The first-order valence-corrected chi connectivity index (χ1v) is 7.87. The van der Waals surface area contributed by atoms with Gasteiger partial charge in [0.05, 0.1) is 6.54 Å². The topological polar surface area (TPSA) is 79.5 Å². The second kappa shape index (κ2) is 6.96. The Kier molecular flexibility index (Phi) is 5.45. The number of carbonyl (C=O) groups is 1. The maximum Gasteiger partial charge on any atom is 0.320 e. The lowest BCUT2D eigenvalue weighted by Gasteiger charge is -2.32. The molecule has 1 aliphatic carbocycles. The molecule has 3 unspecified atom stereocenters. The third kappa shape index (κ3) is 3.27. The summed E-state index contributed by atoms with van der Waals surface area (Å²) in [7, 11) is 0. The minimum absolute atomic E-state index is 0. The van der Waals surface area contributed by atoms with Crippen LogP contribution in [0.5, 0.6) is 0 Å². The fourth-order valence-electron chi connectivity index (χ4n) is 3.75. The molecule has 1 aromatic heterocycles. The van der Waals surface area contributed by atoms with E-state index in [4.69, 9.17) is 4.52 Å². The zero-order valence-corrected chi connectivity index (χ0v) is 13.9. The molecule has 22 heavy (non-hydrogen) atoms. The number of rotatable bonds is 4. The van der Waals surface area contributed by atoms with E-state index < -0.39 is 12.0 Å². The van der Waals surface area contributed by atoms with E-state index in [1.165, 1.54) is 12.8 Å². The molecule has 1 aliphatic heterocycles. The van der Waals surface area contributed by atoms with Crippen molar-refractivity contribution < 1.29 is 14.4 Å². The fraction of sp³-hybridized carbons (Fsp3) is 0.800. The van der Waals surface area contributed by atoms with Crippen LogP contribution in [0.15, 0.2) is 4.52 Å². The summed E-state index contributed by atoms with van der Waals surface area (Å²) < 4.78 is 5.23. The molecule has 0 aromatic carbocycles. The molecule has 7 heteroatoms. The molecule has 0 spiro atoms. The average Bonchev–Trinajstić information content (AvgIpc) is 3.05. The number of carboxylic acids is 1. The van der Waals surface area contributed by atoms with Gasteiger partial charge in [-0.2, -0.15) is 4.98 Å². The van der Waals surface area contributed by atoms with Crippen LogP contribution in [-0.4, -0.2) is 38.2 Å². The smallest absolute Gasteiger partial charge is 0.320 e. The Morgan fingerprint density at radius 3 is 2.77 bits per heavy atom. The number of aliphatic carboxylic acids is 1. The van der Waals surface area contributed by atoms with E-state index in [-0.39, 0.29) is 18.3 Å². The highest BCUT2D eigenvalue weighted by molar-refractivity contribution is 5.85. The third-order valence-electron chi connectivity index (χ3n) is 4.81. The van der Waals surface area contributed by atoms with Crippen molar-refractivity contribution in [2.45, 2.75) is 70.5 Å². The largest absolute Gasteiger partial charge is 0.480 e. The Morgan fingerprint density at radius 1 is 1.41 bits per heavy atom. The van der Waals surface area contributed by atoms with Crippen molar-refractivity contribution in [3.05, 3.63) is 11.7 Å². The number of likely N-dealkylation sites (tertiary alicyclic amines) is 1. The highest BCUT2D eigenvalue weighted by Gasteiger charge is 2.45. The first-order chi connectivity index (χ1) is 10.1. The molecule has 3 rings (SSSR count). The SMILES string of the molecule is CC(C)c1nc(CN2C(C(=O)O)CC3CCCCC32)no1.Cl. The number of nitrogens with zero attached hydrogens (tertiary/aromatic N) is 3. The zero-order valence-electron chi connectivity index (χ0n) is 13.1. The van der Waals surface area contributed by atoms with Crippen LogP contribution >= 0.6 is 12.4 Å². The quantitative estimate of drug-likeness (QED) is 0.915. The normalized spacial score (nSPS) is 28.4. The van der Waals surface area contributed by atoms with E-state index in [1.54, 1.807) is 0 Å². The molecule has 2 aliphatic rings. The average molecular weight is 330 g/mol. The maximum absolute atomic E-state index is 11.6. The van der Waals surface area contributed by atoms with Gasteiger partial charge < -0.3 is 9.63 Å². The van der Waals surface area contributed by atoms with Gasteiger partial charge in [0.1, 0.15) is 6.04 Å². The molecule has 0 bridgehead atoms. The summed E-state index contributed by atoms with van der Waals surface area (Å²) in [5, 5.41) is 13.5. The van der Waals surface area contributed by atoms with Crippen molar-refractivity contribution in [3.63, 3.8) is 0 Å². The number of halogens is 1. The van der Waals surface area contributed by atoms with Crippen molar-refractivity contribution in [1.29, 1.82) is 0 Å². The van der Waals surface area contributed by atoms with Crippen LogP contribution < -0.4 is 0 Å². The van der Waals surface area contributed by atoms with Crippen LogP contribution in [0.25, 0.3) is 0 Å². The lowest BCUT2D eigenvalue weighted by atomic mass is 9.85. The van der Waals surface area contributed by atoms with Crippen molar-refractivity contribution in [3.8, 4) is 0 Å². The monoisotopic (exact) mass is 329 g/mol. The van der Waals surface area contributed by atoms with Gasteiger partial charge in [0, 0.05) is 12.0 Å². The second-order valence-electron chi connectivity index (χ2n) is 6.58. The molecule has 1 saturated heterocycles. The van der Waals surface area contributed by atoms with E-state index in [1.807, 2.05) is 13.8 Å². The number of hydrogen-bond acceptors (Lipinski definition) is 5. The molecule has 3 atom stereocenters. The van der Waals surface area contributed by atoms with Crippen molar-refractivity contribution in [1.82, 2.24) is 15.0 Å². The van der Waals surface area contributed by atoms with Crippen LogP contribution in [0, 0.1) is 5.92 Å². The minimum atomic E-state index is -0.725. The number of hydrogen-bond donors (Lipinski definition) is 1. The standard InChI is InChI=1S/C15H23N3O3.ClH/c1-9(2)14-16-13(17-21-14)8-18-11-6-4-3-5-10(11)7-12(18)15(19)20;/h9-12H,3-8H2,1-2H3,(H,19,20);1H. The summed E-state index contributed by atoms with van der Waals surface area (Å²) in [6.45, 7) is 4.49. The summed E-state index contributed by atoms with van der Waals surface area (Å²) >= 11 is 0. The minimum Gasteiger partial charge on any atom is -0.480 e. The number of fused-ring (bicyclic) bond motifs is 1. The molecule has 1 N–H and O–H groups in total. The molecular weight excluding hydrogens is 306 g/mol. The Morgan fingerprint density at radius 2 is 2.14 bits per heavy atom. The number of carboxylic acid groups (broad SMARTS) is 1. The van der Waals surface area contributed by atoms with Crippen LogP contribution in [-0.2, 0) is 11.3 Å². The fourth-order valence-corrected chi connectivity index (χ4v) is 3.75. The Hall–Kier alpha value is -1.14. The van der Waals surface area contributed by atoms with Gasteiger partial charge in [0.15, 0.2) is 5.82 Å². The van der Waals surface area contributed by atoms with E-state index in [0.29, 0.717) is 30.2 Å². The van der Waals surface area contributed by atoms with Gasteiger partial charge in [-0.25, -0.2) is 0 Å². The predicted octanol–water partition coefficient (Wildman–Crippen LogP) is 2.83. The highest BCUT2D eigenvalue weighted by atomic mass is 35.5. The zero-order chi connectivity index (χ0) is 15.0. The Labute approximate surface area is 136 Å². The Balaban J connectivity index is 0.00000176. The van der Waals surface area contributed by atoms with Crippen molar-refractivity contribution in [2.24, 2.45) is 5.92 Å². The molecule has 0 radical (unpaired) electrons. The molecule has 124 valence electrons. The van der Waals surface area contributed by atoms with E-state index >= 15 is 0 Å². The summed E-state index contributed by atoms with van der Waals surface area (Å²) in [4.78, 5) is 18.0. The summed E-state index contributed by atoms with van der Waals surface area (Å²) in [5.41, 5.74) is 0. The molecule has 6 nitrogen and oxygen atoms in total. The predicted molar refractivity (Wildman–Crippen MR) is 83.0 cm³/mol. The first kappa shape index (κ1) is 17.2. The van der Waals surface area contributed by atoms with Gasteiger partial charge in [0.25, 0.3) is 0 Å². The van der Waals surface area contributed by atoms with Crippen LogP contribution in [0.3, 0.4) is 0 Å². The maximum atomic E-state index is 11.6. The van der Waals surface area contributed by atoms with Crippen molar-refractivity contribution >= 4 is 18.4 Å². The van der Waals surface area contributed by atoms with E-state index in [2.05, 4.69) is 15.0 Å². The first-order valence-electron chi connectivity index (χ1n) is 7.87. The van der Waals surface area contributed by atoms with Gasteiger partial charge in [0.2, 0.25) is 5.89 Å². The molecule has 0 amide bonds. The van der Waals surface area contributed by atoms with Crippen LogP contribution in [0.1, 0.15) is 63.6 Å². The van der Waals surface area contributed by atoms with Crippen LogP contribution in [0.4, 0.5) is 0 Å². The summed E-state index contributed by atoms with van der Waals surface area (Å²) in [5.74, 6) is 1.21. The third-order valence-corrected chi connectivity index (χ3v) is 4.81. The molecule has 1 saturated carbocycles. The lowest BCUT2D eigenvalue weighted by molar-refractivity contribution is -0.143. The summed E-state index contributed by atoms with van der Waals surface area (Å²) in [6.07, 6.45) is 5.40. The van der Waals surface area contributed by atoms with Gasteiger partial charge >= 0.3 is 5.97 Å². The molecular formula is C15H24ClN3O3. The lowest BCUT2D eigenvalue weighted by Crippen LogP contribution is -2.41. The van der Waals surface area contributed by atoms with Gasteiger partial charge in [-0.3, -0.25) is 9.69 Å². The van der Waals surface area contributed by atoms with Crippen molar-refractivity contribution in [2.75, 3.05) is 0 Å². The Bertz CT molecular complexity index is 520. The summed E-state index contributed by atoms with van der Waals surface area (Å²) in [6, 6.07) is -0.0417. The molecule has 2 heterocycles. The van der Waals surface area contributed by atoms with Gasteiger partial charge in [-0.1, -0.05) is 31.8 Å². The van der Waals surface area contributed by atoms with Crippen LogP contribution in [0.2, 0.25) is 0 Å². The highest BCUT2D eigenvalue weighted by Crippen LogP contribution is 2.40. The van der Waals surface area contributed by atoms with E-state index in [0.717, 1.165) is 19.3 Å².